The van der Waals surface area contributed by atoms with Crippen LogP contribution in [0.5, 0.6) is 0 Å². The van der Waals surface area contributed by atoms with Crippen LogP contribution < -0.4 is 0 Å². The van der Waals surface area contributed by atoms with E-state index in [0.717, 1.165) is 41.5 Å². The number of carbonyl (C=O) groups excluding carboxylic acids is 6. The molecule has 1 saturated heterocycles. The van der Waals surface area contributed by atoms with Gasteiger partial charge in [-0.1, -0.05) is 30.3 Å². The highest BCUT2D eigenvalue weighted by atomic mass is 16.7. The van der Waals surface area contributed by atoms with Gasteiger partial charge in [0.05, 0.1) is 16.7 Å². The Morgan fingerprint density at radius 3 is 1.85 bits per heavy atom. The van der Waals surface area contributed by atoms with Crippen molar-refractivity contribution < 1.29 is 66.7 Å². The van der Waals surface area contributed by atoms with Gasteiger partial charge in [0, 0.05) is 41.5 Å². The molecular weight excluding hydrogens is 712 g/mol. The fourth-order valence-electron chi connectivity index (χ4n) is 5.82. The summed E-state index contributed by atoms with van der Waals surface area (Å²) in [7, 11) is 0. The first-order chi connectivity index (χ1) is 25.7. The number of esters is 6. The van der Waals surface area contributed by atoms with Crippen LogP contribution >= 0.6 is 0 Å². The van der Waals surface area contributed by atoms with Crippen LogP contribution in [0.3, 0.4) is 0 Å². The van der Waals surface area contributed by atoms with Gasteiger partial charge in [0.25, 0.3) is 0 Å². The first kappa shape index (κ1) is 39.2. The lowest BCUT2D eigenvalue weighted by molar-refractivity contribution is -0.324. The fourth-order valence-corrected chi connectivity index (χ4v) is 5.82. The van der Waals surface area contributed by atoms with E-state index in [9.17, 15) is 28.8 Å². The maximum atomic E-state index is 12.6. The van der Waals surface area contributed by atoms with Gasteiger partial charge in [0.15, 0.2) is 36.4 Å². The lowest BCUT2D eigenvalue weighted by Gasteiger charge is -2.45. The van der Waals surface area contributed by atoms with E-state index in [2.05, 4.69) is 0 Å². The van der Waals surface area contributed by atoms with E-state index in [1.54, 1.807) is 48.5 Å². The van der Waals surface area contributed by atoms with Crippen molar-refractivity contribution in [2.45, 2.75) is 84.5 Å². The van der Waals surface area contributed by atoms with Crippen LogP contribution in [0.15, 0.2) is 54.6 Å². The number of aromatic nitrogens is 4. The van der Waals surface area contributed by atoms with E-state index < -0.39 is 91.9 Å². The van der Waals surface area contributed by atoms with Crippen molar-refractivity contribution in [2.24, 2.45) is 0 Å². The highest BCUT2D eigenvalue weighted by Crippen LogP contribution is 2.37. The minimum Gasteiger partial charge on any atom is -0.463 e. The number of rotatable bonds is 13. The number of nitrogens with zero attached hydrogens (tertiary/aromatic N) is 4. The van der Waals surface area contributed by atoms with Gasteiger partial charge in [-0.2, -0.15) is 5.10 Å². The maximum Gasteiger partial charge on any atom is 0.303 e. The van der Waals surface area contributed by atoms with Crippen LogP contribution in [-0.2, 0) is 66.7 Å². The van der Waals surface area contributed by atoms with Gasteiger partial charge in [0.1, 0.15) is 36.6 Å². The molecule has 18 heteroatoms. The van der Waals surface area contributed by atoms with Crippen LogP contribution in [0.4, 0.5) is 0 Å². The summed E-state index contributed by atoms with van der Waals surface area (Å²) in [4.78, 5) is 83.6. The molecule has 1 aliphatic heterocycles. The number of benzene rings is 2. The molecule has 1 aliphatic rings. The van der Waals surface area contributed by atoms with E-state index in [0.29, 0.717) is 16.7 Å². The summed E-state index contributed by atoms with van der Waals surface area (Å²) in [5.41, 5.74) is 2.01. The summed E-state index contributed by atoms with van der Waals surface area (Å²) in [6, 6.07) is 16.0. The number of fused-ring (bicyclic) bond motifs is 2. The van der Waals surface area contributed by atoms with Gasteiger partial charge >= 0.3 is 35.8 Å². The molecule has 1 fully saturated rings. The average Bonchev–Trinajstić information content (AvgIpc) is 3.47. The van der Waals surface area contributed by atoms with E-state index in [-0.39, 0.29) is 16.9 Å². The molecule has 3 heterocycles. The van der Waals surface area contributed by atoms with Gasteiger partial charge in [0.2, 0.25) is 0 Å². The summed E-state index contributed by atoms with van der Waals surface area (Å²) in [6.07, 6.45) is -10.9. The molecule has 286 valence electrons. The third kappa shape index (κ3) is 9.50. The molecule has 0 saturated carbocycles. The van der Waals surface area contributed by atoms with E-state index in [1.165, 1.54) is 4.68 Å². The lowest BCUT2D eigenvalue weighted by Crippen LogP contribution is -2.63. The standard InChI is InChI=1S/C36H38N4O14/c1-18(41)47-16-27(49-20(3)43)31(29-30-35(38-26-15-11-10-14-25(26)37-30)40(39-29)24-12-8-7-9-13-24)54-36-34(52-23(6)46)33(51-22(5)45)32(50-21(4)44)28(53-36)17-48-19(2)42/h7-15,27-28,31-34,36H,16-17H2,1-6H3/t27-,28-,31-,32+,33+,34-,36+/m1/s1. The van der Waals surface area contributed by atoms with Crippen LogP contribution in [0.1, 0.15) is 53.3 Å². The third-order valence-electron chi connectivity index (χ3n) is 7.81. The molecule has 0 bridgehead atoms. The van der Waals surface area contributed by atoms with Crippen molar-refractivity contribution in [1.82, 2.24) is 19.7 Å². The predicted octanol–water partition coefficient (Wildman–Crippen LogP) is 2.60. The van der Waals surface area contributed by atoms with Crippen molar-refractivity contribution in [3.63, 3.8) is 0 Å². The highest BCUT2D eigenvalue weighted by Gasteiger charge is 2.54. The number of hydrogen-bond acceptors (Lipinski definition) is 17. The Balaban J connectivity index is 1.74. The van der Waals surface area contributed by atoms with Crippen molar-refractivity contribution in [2.75, 3.05) is 13.2 Å². The summed E-state index contributed by atoms with van der Waals surface area (Å²) in [6.45, 7) is 5.55. The third-order valence-corrected chi connectivity index (χ3v) is 7.81. The first-order valence-corrected chi connectivity index (χ1v) is 16.7. The quantitative estimate of drug-likeness (QED) is 0.142. The van der Waals surface area contributed by atoms with Crippen molar-refractivity contribution >= 4 is 58.0 Å². The summed E-state index contributed by atoms with van der Waals surface area (Å²) >= 11 is 0. The van der Waals surface area contributed by atoms with E-state index >= 15 is 0 Å². The minimum absolute atomic E-state index is 0.0124. The molecule has 0 amide bonds. The van der Waals surface area contributed by atoms with Crippen molar-refractivity contribution in [1.29, 1.82) is 0 Å². The second kappa shape index (κ2) is 17.2. The van der Waals surface area contributed by atoms with Crippen LogP contribution in [0, 0.1) is 0 Å². The largest absolute Gasteiger partial charge is 0.463 e. The molecule has 7 atom stereocenters. The van der Waals surface area contributed by atoms with Crippen LogP contribution in [-0.4, -0.2) is 106 Å². The summed E-state index contributed by atoms with van der Waals surface area (Å²) < 4.78 is 47.1. The molecule has 54 heavy (non-hydrogen) atoms. The highest BCUT2D eigenvalue weighted by molar-refractivity contribution is 5.87. The zero-order valence-electron chi connectivity index (χ0n) is 30.2. The van der Waals surface area contributed by atoms with Crippen molar-refractivity contribution in [3.05, 3.63) is 60.3 Å². The molecule has 18 nitrogen and oxygen atoms in total. The van der Waals surface area contributed by atoms with Gasteiger partial charge in [-0.05, 0) is 24.3 Å². The number of hydrogen-bond donors (Lipinski definition) is 0. The van der Waals surface area contributed by atoms with E-state index in [4.69, 9.17) is 53.0 Å². The van der Waals surface area contributed by atoms with Crippen LogP contribution in [0.25, 0.3) is 27.9 Å². The van der Waals surface area contributed by atoms with Crippen LogP contribution in [0.2, 0.25) is 0 Å². The Labute approximate surface area is 307 Å². The molecule has 4 aromatic rings. The van der Waals surface area contributed by atoms with Gasteiger partial charge in [-0.15, -0.1) is 0 Å². The molecule has 0 spiro atoms. The monoisotopic (exact) mass is 750 g/mol. The smallest absolute Gasteiger partial charge is 0.303 e. The SMILES string of the molecule is CC(=O)OC[C@H]1O[C@@H](O[C@@H](c2nn(-c3ccccc3)c3nc4ccccc4nc23)[C@@H](COC(C)=O)OC(C)=O)[C@H](OC(C)=O)[C@@H](OC(C)=O)[C@H]1OC(C)=O. The molecule has 0 N–H and O–H groups in total. The Morgan fingerprint density at radius 1 is 0.685 bits per heavy atom. The Bertz CT molecular complexity index is 2040. The van der Waals surface area contributed by atoms with Gasteiger partial charge < -0.3 is 37.9 Å². The Kier molecular flexibility index (Phi) is 12.5. The van der Waals surface area contributed by atoms with Crippen molar-refractivity contribution in [3.8, 4) is 5.69 Å². The molecule has 0 aliphatic carbocycles. The topological polar surface area (TPSA) is 220 Å². The summed E-state index contributed by atoms with van der Waals surface area (Å²) in [5.74, 6) is -4.80. The normalized spacial score (nSPS) is 20.7. The Morgan fingerprint density at radius 2 is 1.26 bits per heavy atom. The van der Waals surface area contributed by atoms with E-state index in [1.807, 2.05) is 6.07 Å². The minimum atomic E-state index is -1.75. The zero-order valence-corrected chi connectivity index (χ0v) is 30.2. The number of para-hydroxylation sites is 3. The van der Waals surface area contributed by atoms with Gasteiger partial charge in [-0.3, -0.25) is 28.8 Å². The molecule has 0 unspecified atom stereocenters. The summed E-state index contributed by atoms with van der Waals surface area (Å²) in [5, 5.41) is 4.84. The average molecular weight is 751 g/mol. The molecule has 0 radical (unpaired) electrons. The second-order valence-electron chi connectivity index (χ2n) is 12.1. The molecule has 2 aromatic heterocycles. The lowest BCUT2D eigenvalue weighted by atomic mass is 9.97. The predicted molar refractivity (Wildman–Crippen MR) is 182 cm³/mol. The Hall–Kier alpha value is -6.01. The molecular formula is C36H38N4O14. The second-order valence-corrected chi connectivity index (χ2v) is 12.1. The number of carbonyl (C=O) groups is 6. The maximum absolute atomic E-state index is 12.6. The fraction of sp³-hybridized carbons (Fsp3) is 0.417. The zero-order chi connectivity index (χ0) is 39.1. The first-order valence-electron chi connectivity index (χ1n) is 16.7. The molecule has 2 aromatic carbocycles. The van der Waals surface area contributed by atoms with Gasteiger partial charge in [-0.25, -0.2) is 14.6 Å². The molecule has 5 rings (SSSR count). The number of ether oxygens (including phenoxy) is 8.